The van der Waals surface area contributed by atoms with Crippen LogP contribution in [-0.4, -0.2) is 39.0 Å². The first-order valence-electron chi connectivity index (χ1n) is 10.1. The third kappa shape index (κ3) is 3.21. The molecule has 2 atom stereocenters. The number of aryl methyl sites for hydroxylation is 2. The lowest BCUT2D eigenvalue weighted by molar-refractivity contribution is 0.0588. The molecule has 2 aromatic heterocycles. The lowest BCUT2D eigenvalue weighted by atomic mass is 9.96. The van der Waals surface area contributed by atoms with E-state index in [1.165, 1.54) is 11.3 Å². The van der Waals surface area contributed by atoms with Crippen LogP contribution < -0.4 is 11.3 Å². The van der Waals surface area contributed by atoms with Crippen molar-refractivity contribution in [2.24, 2.45) is 5.73 Å². The molecule has 0 spiro atoms. The molecule has 2 N–H and O–H groups in total. The van der Waals surface area contributed by atoms with Gasteiger partial charge < -0.3 is 10.6 Å². The molecule has 6 nitrogen and oxygen atoms in total. The number of thiophene rings is 1. The molecule has 4 heterocycles. The molecule has 4 rings (SSSR count). The monoisotopic (exact) mass is 388 g/mol. The maximum Gasteiger partial charge on any atom is 0.264 e. The topological polar surface area (TPSA) is 81.2 Å². The number of carbonyl (C=O) groups is 1. The van der Waals surface area contributed by atoms with Gasteiger partial charge in [-0.05, 0) is 51.5 Å². The lowest BCUT2D eigenvalue weighted by Gasteiger charge is -2.38. The number of fused-ring (bicyclic) bond motifs is 2. The first kappa shape index (κ1) is 18.6. The van der Waals surface area contributed by atoms with Gasteiger partial charge in [-0.2, -0.15) is 0 Å². The molecule has 1 fully saturated rings. The SMILES string of the molecule is Cc1c(C(=O)N2CCCCC2C(C)N)sc2nc3n(c(=O)c12)CCCCC3. The molecular formula is C20H28N4O2S. The zero-order valence-electron chi connectivity index (χ0n) is 16.2. The molecule has 0 saturated carbocycles. The highest BCUT2D eigenvalue weighted by Crippen LogP contribution is 2.31. The lowest BCUT2D eigenvalue weighted by Crippen LogP contribution is -2.51. The van der Waals surface area contributed by atoms with Crippen LogP contribution in [0.2, 0.25) is 0 Å². The van der Waals surface area contributed by atoms with E-state index in [0.717, 1.165) is 69.4 Å². The van der Waals surface area contributed by atoms with Crippen LogP contribution >= 0.6 is 11.3 Å². The van der Waals surface area contributed by atoms with Crippen LogP contribution in [0.15, 0.2) is 4.79 Å². The second-order valence-corrected chi connectivity index (χ2v) is 8.95. The summed E-state index contributed by atoms with van der Waals surface area (Å²) >= 11 is 1.38. The van der Waals surface area contributed by atoms with Crippen molar-refractivity contribution in [1.82, 2.24) is 14.5 Å². The van der Waals surface area contributed by atoms with E-state index in [-0.39, 0.29) is 23.6 Å². The van der Waals surface area contributed by atoms with E-state index in [2.05, 4.69) is 0 Å². The molecule has 2 aliphatic heterocycles. The Bertz CT molecular complexity index is 930. The zero-order valence-corrected chi connectivity index (χ0v) is 17.0. The number of amides is 1. The highest BCUT2D eigenvalue weighted by Gasteiger charge is 2.32. The number of nitrogens with zero attached hydrogens (tertiary/aromatic N) is 3. The minimum atomic E-state index is -0.0521. The van der Waals surface area contributed by atoms with Gasteiger partial charge >= 0.3 is 0 Å². The number of carbonyl (C=O) groups excluding carboxylic acids is 1. The highest BCUT2D eigenvalue weighted by atomic mass is 32.1. The molecule has 2 unspecified atom stereocenters. The van der Waals surface area contributed by atoms with Gasteiger partial charge in [0.25, 0.3) is 11.5 Å². The Morgan fingerprint density at radius 2 is 2.00 bits per heavy atom. The van der Waals surface area contributed by atoms with Crippen molar-refractivity contribution >= 4 is 27.5 Å². The quantitative estimate of drug-likeness (QED) is 0.858. The van der Waals surface area contributed by atoms with Crippen LogP contribution in [0, 0.1) is 6.92 Å². The first-order chi connectivity index (χ1) is 13.0. The van der Waals surface area contributed by atoms with E-state index in [0.29, 0.717) is 15.1 Å². The minimum Gasteiger partial charge on any atom is -0.333 e. The van der Waals surface area contributed by atoms with E-state index in [4.69, 9.17) is 10.7 Å². The molecule has 7 heteroatoms. The fraction of sp³-hybridized carbons (Fsp3) is 0.650. The number of likely N-dealkylation sites (tertiary alicyclic amines) is 1. The molecule has 0 radical (unpaired) electrons. The van der Waals surface area contributed by atoms with Crippen molar-refractivity contribution in [2.45, 2.75) is 77.4 Å². The average molecular weight is 389 g/mol. The molecule has 0 bridgehead atoms. The van der Waals surface area contributed by atoms with Gasteiger partial charge in [0.1, 0.15) is 10.7 Å². The van der Waals surface area contributed by atoms with Crippen LogP contribution in [-0.2, 0) is 13.0 Å². The van der Waals surface area contributed by atoms with E-state index in [1.807, 2.05) is 23.3 Å². The third-order valence-corrected chi connectivity index (χ3v) is 7.20. The average Bonchev–Trinajstić information content (AvgIpc) is 2.83. The van der Waals surface area contributed by atoms with E-state index in [1.54, 1.807) is 0 Å². The van der Waals surface area contributed by atoms with Crippen molar-refractivity contribution < 1.29 is 4.79 Å². The fourth-order valence-electron chi connectivity index (χ4n) is 4.50. The maximum atomic E-state index is 13.3. The number of hydrogen-bond donors (Lipinski definition) is 1. The van der Waals surface area contributed by atoms with Crippen LogP contribution in [0.1, 0.15) is 66.5 Å². The van der Waals surface area contributed by atoms with Gasteiger partial charge in [0.05, 0.1) is 10.3 Å². The number of aromatic nitrogens is 2. The summed E-state index contributed by atoms with van der Waals surface area (Å²) in [6, 6.07) is 0.0189. The van der Waals surface area contributed by atoms with Crippen LogP contribution in [0.3, 0.4) is 0 Å². The summed E-state index contributed by atoms with van der Waals surface area (Å²) in [7, 11) is 0. The van der Waals surface area contributed by atoms with Gasteiger partial charge in [0, 0.05) is 31.6 Å². The Morgan fingerprint density at radius 3 is 2.78 bits per heavy atom. The molecule has 0 aliphatic carbocycles. The van der Waals surface area contributed by atoms with Gasteiger partial charge in [-0.3, -0.25) is 14.2 Å². The van der Waals surface area contributed by atoms with Crippen molar-refractivity contribution in [2.75, 3.05) is 6.54 Å². The van der Waals surface area contributed by atoms with Crippen LogP contribution in [0.5, 0.6) is 0 Å². The number of hydrogen-bond acceptors (Lipinski definition) is 5. The van der Waals surface area contributed by atoms with E-state index in [9.17, 15) is 9.59 Å². The predicted molar refractivity (Wildman–Crippen MR) is 108 cm³/mol. The Kier molecular flexibility index (Phi) is 5.07. The Labute approximate surface area is 163 Å². The molecular weight excluding hydrogens is 360 g/mol. The Morgan fingerprint density at radius 1 is 1.22 bits per heavy atom. The van der Waals surface area contributed by atoms with Gasteiger partial charge in [0.15, 0.2) is 0 Å². The van der Waals surface area contributed by atoms with Gasteiger partial charge in [-0.25, -0.2) is 4.98 Å². The summed E-state index contributed by atoms with van der Waals surface area (Å²) in [4.78, 5) is 34.5. The highest BCUT2D eigenvalue weighted by molar-refractivity contribution is 7.20. The summed E-state index contributed by atoms with van der Waals surface area (Å²) in [6.07, 6.45) is 7.11. The molecule has 146 valence electrons. The van der Waals surface area contributed by atoms with Crippen LogP contribution in [0.4, 0.5) is 0 Å². The zero-order chi connectivity index (χ0) is 19.1. The summed E-state index contributed by atoms with van der Waals surface area (Å²) < 4.78 is 1.83. The van der Waals surface area contributed by atoms with Crippen molar-refractivity contribution in [3.63, 3.8) is 0 Å². The summed E-state index contributed by atoms with van der Waals surface area (Å²) in [5.74, 6) is 0.883. The standard InChI is InChI=1S/C20H28N4O2S/c1-12-16-18(22-15-9-4-3-6-11-24(15)19(16)25)27-17(12)20(26)23-10-7-5-8-14(23)13(2)21/h13-14H,3-11,21H2,1-2H3. The minimum absolute atomic E-state index is 0.0112. The van der Waals surface area contributed by atoms with E-state index < -0.39 is 0 Å². The maximum absolute atomic E-state index is 13.3. The van der Waals surface area contributed by atoms with Gasteiger partial charge in [-0.1, -0.05) is 6.42 Å². The molecule has 2 aromatic rings. The fourth-order valence-corrected chi connectivity index (χ4v) is 5.65. The van der Waals surface area contributed by atoms with E-state index >= 15 is 0 Å². The molecule has 0 aromatic carbocycles. The summed E-state index contributed by atoms with van der Waals surface area (Å²) in [5, 5.41) is 0.628. The molecule has 1 saturated heterocycles. The Hall–Kier alpha value is -1.73. The summed E-state index contributed by atoms with van der Waals surface area (Å²) in [6.45, 7) is 5.33. The first-order valence-corrected chi connectivity index (χ1v) is 10.9. The van der Waals surface area contributed by atoms with Gasteiger partial charge in [0.2, 0.25) is 0 Å². The number of rotatable bonds is 2. The summed E-state index contributed by atoms with van der Waals surface area (Å²) in [5.41, 5.74) is 6.96. The smallest absolute Gasteiger partial charge is 0.264 e. The predicted octanol–water partition coefficient (Wildman–Crippen LogP) is 2.83. The van der Waals surface area contributed by atoms with Crippen molar-refractivity contribution in [3.05, 3.63) is 26.6 Å². The number of nitrogens with two attached hydrogens (primary N) is 1. The largest absolute Gasteiger partial charge is 0.333 e. The second kappa shape index (κ2) is 7.36. The van der Waals surface area contributed by atoms with Crippen molar-refractivity contribution in [3.8, 4) is 0 Å². The van der Waals surface area contributed by atoms with Crippen LogP contribution in [0.25, 0.3) is 10.2 Å². The second-order valence-electron chi connectivity index (χ2n) is 7.95. The molecule has 1 amide bonds. The Balaban J connectivity index is 1.79. The third-order valence-electron chi connectivity index (χ3n) is 6.02. The molecule has 2 aliphatic rings. The normalized spacial score (nSPS) is 21.7. The molecule has 27 heavy (non-hydrogen) atoms. The van der Waals surface area contributed by atoms with Gasteiger partial charge in [-0.15, -0.1) is 11.3 Å². The van der Waals surface area contributed by atoms with Crippen molar-refractivity contribution in [1.29, 1.82) is 0 Å². The number of piperidine rings is 1.